The molecule has 4 heteroatoms. The van der Waals surface area contributed by atoms with E-state index >= 15 is 0 Å². The molecule has 116 valence electrons. The van der Waals surface area contributed by atoms with Crippen LogP contribution < -0.4 is 0 Å². The molecule has 4 nitrogen and oxygen atoms in total. The quantitative estimate of drug-likeness (QED) is 0.445. The molecule has 1 rings (SSSR count). The zero-order chi connectivity index (χ0) is 16.0. The van der Waals surface area contributed by atoms with Gasteiger partial charge in [0.05, 0.1) is 0 Å². The van der Waals surface area contributed by atoms with Crippen LogP contribution >= 0.6 is 0 Å². The summed E-state index contributed by atoms with van der Waals surface area (Å²) in [6.07, 6.45) is 4.14. The smallest absolute Gasteiger partial charge is 0.302 e. The molecule has 0 heterocycles. The summed E-state index contributed by atoms with van der Waals surface area (Å²) in [5.74, 6) is -0.418. The van der Waals surface area contributed by atoms with Crippen molar-refractivity contribution >= 4 is 17.5 Å². The second kappa shape index (κ2) is 7.91. The number of ketones is 2. The summed E-state index contributed by atoms with van der Waals surface area (Å²) in [5.41, 5.74) is 2.20. The first kappa shape index (κ1) is 17.3. The minimum atomic E-state index is -0.391. The van der Waals surface area contributed by atoms with Crippen molar-refractivity contribution in [1.29, 1.82) is 0 Å². The summed E-state index contributed by atoms with van der Waals surface area (Å²) < 4.78 is 4.95. The molecule has 0 spiro atoms. The van der Waals surface area contributed by atoms with Crippen LogP contribution in [0.15, 0.2) is 22.8 Å². The highest BCUT2D eigenvalue weighted by atomic mass is 16.5. The molecule has 0 aromatic carbocycles. The lowest BCUT2D eigenvalue weighted by molar-refractivity contribution is -0.140. The van der Waals surface area contributed by atoms with Gasteiger partial charge >= 0.3 is 5.97 Å². The molecule has 0 aromatic heterocycles. The summed E-state index contributed by atoms with van der Waals surface area (Å²) in [6.45, 7) is 6.98. The van der Waals surface area contributed by atoms with Crippen LogP contribution in [0.3, 0.4) is 0 Å². The van der Waals surface area contributed by atoms with Crippen LogP contribution in [-0.4, -0.2) is 24.1 Å². The number of hydrogen-bond acceptors (Lipinski definition) is 4. The summed E-state index contributed by atoms with van der Waals surface area (Å²) >= 11 is 0. The van der Waals surface area contributed by atoms with Crippen molar-refractivity contribution in [2.24, 2.45) is 5.92 Å². The first-order valence-corrected chi connectivity index (χ1v) is 7.34. The zero-order valence-corrected chi connectivity index (χ0v) is 13.3. The van der Waals surface area contributed by atoms with Crippen molar-refractivity contribution in [3.8, 4) is 0 Å². The topological polar surface area (TPSA) is 60.4 Å². The minimum Gasteiger partial charge on any atom is -0.461 e. The Bertz CT molecular complexity index is 497. The van der Waals surface area contributed by atoms with Crippen LogP contribution in [0, 0.1) is 5.92 Å². The van der Waals surface area contributed by atoms with Crippen LogP contribution in [0.25, 0.3) is 0 Å². The van der Waals surface area contributed by atoms with Crippen molar-refractivity contribution < 1.29 is 19.1 Å². The van der Waals surface area contributed by atoms with Crippen molar-refractivity contribution in [1.82, 2.24) is 0 Å². The molecule has 0 N–H and O–H groups in total. The zero-order valence-electron chi connectivity index (χ0n) is 13.3. The van der Waals surface area contributed by atoms with Gasteiger partial charge in [0, 0.05) is 31.3 Å². The standard InChI is InChI=1S/C17H24O4/c1-11-6-5-7-12(2)16(19)9-15(17(20)8-11)13(3)10-21-14(4)18/h6,12H,5,7-10H2,1-4H3. The van der Waals surface area contributed by atoms with Gasteiger partial charge in [0.25, 0.3) is 0 Å². The maximum atomic E-state index is 12.4. The molecule has 0 saturated heterocycles. The Balaban J connectivity index is 3.05. The molecule has 21 heavy (non-hydrogen) atoms. The van der Waals surface area contributed by atoms with Gasteiger partial charge in [-0.2, -0.15) is 0 Å². The highest BCUT2D eigenvalue weighted by molar-refractivity contribution is 6.02. The summed E-state index contributed by atoms with van der Waals surface area (Å²) in [5, 5.41) is 0. The molecular formula is C17H24O4. The van der Waals surface area contributed by atoms with E-state index in [1.807, 2.05) is 19.9 Å². The summed E-state index contributed by atoms with van der Waals surface area (Å²) in [7, 11) is 0. The fourth-order valence-electron chi connectivity index (χ4n) is 2.31. The Hall–Kier alpha value is -1.71. The van der Waals surface area contributed by atoms with Gasteiger partial charge in [-0.1, -0.05) is 18.6 Å². The molecule has 0 aliphatic heterocycles. The molecule has 1 unspecified atom stereocenters. The van der Waals surface area contributed by atoms with E-state index in [4.69, 9.17) is 4.74 Å². The molecule has 1 atom stereocenters. The van der Waals surface area contributed by atoms with Crippen molar-refractivity contribution in [3.63, 3.8) is 0 Å². The Morgan fingerprint density at radius 1 is 1.29 bits per heavy atom. The van der Waals surface area contributed by atoms with E-state index in [-0.39, 0.29) is 30.5 Å². The minimum absolute atomic E-state index is 0.0455. The van der Waals surface area contributed by atoms with Gasteiger partial charge in [-0.05, 0) is 32.3 Å². The third-order valence-electron chi connectivity index (χ3n) is 3.78. The molecule has 1 aliphatic rings. The monoisotopic (exact) mass is 292 g/mol. The van der Waals surface area contributed by atoms with E-state index < -0.39 is 5.97 Å². The Kier molecular flexibility index (Phi) is 6.53. The Morgan fingerprint density at radius 2 is 1.95 bits per heavy atom. The third kappa shape index (κ3) is 5.66. The normalized spacial score (nSPS) is 23.4. The van der Waals surface area contributed by atoms with Gasteiger partial charge < -0.3 is 4.74 Å². The van der Waals surface area contributed by atoms with Crippen molar-refractivity contribution in [3.05, 3.63) is 22.8 Å². The van der Waals surface area contributed by atoms with Gasteiger partial charge in [0.2, 0.25) is 0 Å². The molecule has 0 radical (unpaired) electrons. The maximum Gasteiger partial charge on any atom is 0.302 e. The number of ether oxygens (including phenoxy) is 1. The van der Waals surface area contributed by atoms with E-state index in [0.29, 0.717) is 17.6 Å². The lowest BCUT2D eigenvalue weighted by Gasteiger charge is -2.16. The van der Waals surface area contributed by atoms with Crippen LogP contribution in [0.5, 0.6) is 0 Å². The van der Waals surface area contributed by atoms with Crippen LogP contribution in [0.2, 0.25) is 0 Å². The number of carbonyl (C=O) groups excluding carboxylic acids is 3. The Morgan fingerprint density at radius 3 is 2.57 bits per heavy atom. The predicted molar refractivity (Wildman–Crippen MR) is 80.7 cm³/mol. The average Bonchev–Trinajstić information content (AvgIpc) is 2.40. The SMILES string of the molecule is CC(=O)OCC(C)=C1CC(=O)C(C)CCC=C(C)CC1=O. The number of esters is 1. The molecule has 0 aromatic rings. The van der Waals surface area contributed by atoms with Gasteiger partial charge in [0.1, 0.15) is 12.4 Å². The second-order valence-corrected chi connectivity index (χ2v) is 5.81. The maximum absolute atomic E-state index is 12.4. The van der Waals surface area contributed by atoms with Crippen molar-refractivity contribution in [2.45, 2.75) is 53.4 Å². The Labute approximate surface area is 126 Å². The van der Waals surface area contributed by atoms with E-state index in [1.165, 1.54) is 6.92 Å². The van der Waals surface area contributed by atoms with Crippen LogP contribution in [-0.2, 0) is 19.1 Å². The highest BCUT2D eigenvalue weighted by Gasteiger charge is 2.22. The number of Topliss-reactive ketones (excluding diaryl/α,β-unsaturated/α-hetero) is 2. The molecule has 0 fully saturated rings. The number of hydrogen-bond donors (Lipinski definition) is 0. The van der Waals surface area contributed by atoms with E-state index in [2.05, 4.69) is 0 Å². The van der Waals surface area contributed by atoms with E-state index in [1.54, 1.807) is 6.92 Å². The predicted octanol–water partition coefficient (Wildman–Crippen LogP) is 3.16. The summed E-state index contributed by atoms with van der Waals surface area (Å²) in [6, 6.07) is 0. The average molecular weight is 292 g/mol. The fourth-order valence-corrected chi connectivity index (χ4v) is 2.31. The summed E-state index contributed by atoms with van der Waals surface area (Å²) in [4.78, 5) is 35.5. The van der Waals surface area contributed by atoms with Gasteiger partial charge in [-0.15, -0.1) is 0 Å². The van der Waals surface area contributed by atoms with Gasteiger partial charge in [0.15, 0.2) is 5.78 Å². The highest BCUT2D eigenvalue weighted by Crippen LogP contribution is 2.22. The number of carbonyl (C=O) groups is 3. The van der Waals surface area contributed by atoms with E-state index in [9.17, 15) is 14.4 Å². The lowest BCUT2D eigenvalue weighted by Crippen LogP contribution is -2.18. The van der Waals surface area contributed by atoms with Crippen LogP contribution in [0.1, 0.15) is 53.4 Å². The lowest BCUT2D eigenvalue weighted by atomic mass is 9.88. The fraction of sp³-hybridized carbons (Fsp3) is 0.588. The van der Waals surface area contributed by atoms with Gasteiger partial charge in [-0.3, -0.25) is 14.4 Å². The van der Waals surface area contributed by atoms with Gasteiger partial charge in [-0.25, -0.2) is 0 Å². The third-order valence-corrected chi connectivity index (χ3v) is 3.78. The molecule has 1 aliphatic carbocycles. The first-order valence-electron chi connectivity index (χ1n) is 7.34. The van der Waals surface area contributed by atoms with Crippen LogP contribution in [0.4, 0.5) is 0 Å². The number of allylic oxidation sites excluding steroid dienone is 3. The second-order valence-electron chi connectivity index (χ2n) is 5.81. The van der Waals surface area contributed by atoms with Crippen molar-refractivity contribution in [2.75, 3.05) is 6.61 Å². The number of rotatable bonds is 2. The molecule has 0 amide bonds. The van der Waals surface area contributed by atoms with E-state index in [0.717, 1.165) is 18.4 Å². The molecular weight excluding hydrogens is 268 g/mol. The first-order chi connectivity index (χ1) is 9.81. The molecule has 0 saturated carbocycles. The molecule has 0 bridgehead atoms. The largest absolute Gasteiger partial charge is 0.461 e.